The van der Waals surface area contributed by atoms with E-state index in [1.807, 2.05) is 6.92 Å². The number of fused-ring (bicyclic) bond motifs is 1. The molecular formula is C18H18N4O4. The van der Waals surface area contributed by atoms with Crippen LogP contribution in [0.3, 0.4) is 0 Å². The molecule has 0 aliphatic carbocycles. The third-order valence-corrected chi connectivity index (χ3v) is 3.81. The molecule has 0 aliphatic rings. The Bertz CT molecular complexity index is 1050. The third-order valence-electron chi connectivity index (χ3n) is 3.81. The van der Waals surface area contributed by atoms with Crippen LogP contribution >= 0.6 is 0 Å². The number of nitrogens with one attached hydrogen (secondary N) is 2. The summed E-state index contributed by atoms with van der Waals surface area (Å²) in [5, 5.41) is 3.09. The number of aromatic amines is 1. The fourth-order valence-corrected chi connectivity index (χ4v) is 2.62. The molecule has 2 aromatic heterocycles. The van der Waals surface area contributed by atoms with Crippen molar-refractivity contribution in [3.05, 3.63) is 69.0 Å². The summed E-state index contributed by atoms with van der Waals surface area (Å²) < 4.78 is 6.66. The normalized spacial score (nSPS) is 10.7. The van der Waals surface area contributed by atoms with E-state index in [-0.39, 0.29) is 19.0 Å². The number of H-pyrrole nitrogens is 1. The van der Waals surface area contributed by atoms with E-state index in [9.17, 15) is 14.4 Å². The molecule has 1 amide bonds. The first-order valence-electron chi connectivity index (χ1n) is 8.15. The molecule has 0 bridgehead atoms. The van der Waals surface area contributed by atoms with E-state index in [2.05, 4.69) is 15.3 Å². The number of nitrogens with zero attached hydrogens (tertiary/aromatic N) is 2. The molecule has 3 aromatic rings. The van der Waals surface area contributed by atoms with Crippen molar-refractivity contribution in [2.24, 2.45) is 0 Å². The zero-order chi connectivity index (χ0) is 18.5. The Morgan fingerprint density at radius 3 is 2.85 bits per heavy atom. The van der Waals surface area contributed by atoms with Crippen LogP contribution in [-0.4, -0.2) is 27.0 Å². The minimum atomic E-state index is -0.625. The molecule has 0 saturated heterocycles. The van der Waals surface area contributed by atoms with Gasteiger partial charge in [0, 0.05) is 18.3 Å². The second-order valence-electron chi connectivity index (χ2n) is 5.54. The van der Waals surface area contributed by atoms with Gasteiger partial charge in [-0.1, -0.05) is 18.2 Å². The lowest BCUT2D eigenvalue weighted by atomic mass is 10.2. The van der Waals surface area contributed by atoms with Gasteiger partial charge in [0.1, 0.15) is 6.54 Å². The number of rotatable bonds is 6. The molecule has 3 rings (SSSR count). The van der Waals surface area contributed by atoms with Gasteiger partial charge in [0.2, 0.25) is 11.8 Å². The van der Waals surface area contributed by atoms with E-state index in [4.69, 9.17) is 4.74 Å². The highest BCUT2D eigenvalue weighted by Crippen LogP contribution is 2.13. The van der Waals surface area contributed by atoms with Crippen LogP contribution < -0.4 is 21.3 Å². The van der Waals surface area contributed by atoms with Gasteiger partial charge in [-0.3, -0.25) is 19.1 Å². The standard InChI is InChI=1S/C18H18N4O4/c1-2-26-17-12(6-5-9-19-17)10-20-15(23)11-22-14-8-4-3-7-13(14)16(24)21-18(22)25/h3-9H,2,10-11H2,1H3,(H,20,23)(H,21,24,25). The smallest absolute Gasteiger partial charge is 0.329 e. The SMILES string of the molecule is CCOc1ncccc1CNC(=O)Cn1c(=O)[nH]c(=O)c2ccccc21. The number of hydrogen-bond donors (Lipinski definition) is 2. The van der Waals surface area contributed by atoms with Crippen LogP contribution in [0.5, 0.6) is 5.88 Å². The van der Waals surface area contributed by atoms with E-state index >= 15 is 0 Å². The van der Waals surface area contributed by atoms with Gasteiger partial charge in [0.15, 0.2) is 0 Å². The van der Waals surface area contributed by atoms with Gasteiger partial charge in [0.25, 0.3) is 5.56 Å². The number of benzene rings is 1. The van der Waals surface area contributed by atoms with Gasteiger partial charge in [-0.2, -0.15) is 0 Å². The predicted octanol–water partition coefficient (Wildman–Crippen LogP) is 0.800. The van der Waals surface area contributed by atoms with Crippen LogP contribution in [0.4, 0.5) is 0 Å². The van der Waals surface area contributed by atoms with Crippen LogP contribution in [-0.2, 0) is 17.9 Å². The molecule has 0 atom stereocenters. The van der Waals surface area contributed by atoms with Crippen molar-refractivity contribution in [1.82, 2.24) is 19.9 Å². The minimum absolute atomic E-state index is 0.208. The molecule has 0 aliphatic heterocycles. The average Bonchev–Trinajstić information content (AvgIpc) is 2.65. The summed E-state index contributed by atoms with van der Waals surface area (Å²) in [4.78, 5) is 42.6. The second-order valence-corrected chi connectivity index (χ2v) is 5.54. The van der Waals surface area contributed by atoms with Gasteiger partial charge in [-0.05, 0) is 25.1 Å². The summed E-state index contributed by atoms with van der Waals surface area (Å²) in [6, 6.07) is 10.2. The molecule has 0 radical (unpaired) electrons. The maximum absolute atomic E-state index is 12.3. The Balaban J connectivity index is 1.79. The van der Waals surface area contributed by atoms with Gasteiger partial charge in [-0.15, -0.1) is 0 Å². The van der Waals surface area contributed by atoms with Gasteiger partial charge in [-0.25, -0.2) is 9.78 Å². The van der Waals surface area contributed by atoms with Crippen LogP contribution in [0.1, 0.15) is 12.5 Å². The van der Waals surface area contributed by atoms with Crippen molar-refractivity contribution >= 4 is 16.8 Å². The zero-order valence-electron chi connectivity index (χ0n) is 14.2. The number of hydrogen-bond acceptors (Lipinski definition) is 5. The van der Waals surface area contributed by atoms with E-state index < -0.39 is 11.2 Å². The maximum Gasteiger partial charge on any atom is 0.329 e. The zero-order valence-corrected chi connectivity index (χ0v) is 14.2. The fourth-order valence-electron chi connectivity index (χ4n) is 2.62. The summed E-state index contributed by atoms with van der Waals surface area (Å²) in [6.45, 7) is 2.33. The lowest BCUT2D eigenvalue weighted by Crippen LogP contribution is -2.36. The van der Waals surface area contributed by atoms with Crippen LogP contribution in [0, 0.1) is 0 Å². The molecule has 0 spiro atoms. The molecule has 1 aromatic carbocycles. The molecule has 0 unspecified atom stereocenters. The van der Waals surface area contributed by atoms with Crippen molar-refractivity contribution in [3.63, 3.8) is 0 Å². The lowest BCUT2D eigenvalue weighted by Gasteiger charge is -2.11. The lowest BCUT2D eigenvalue weighted by molar-refractivity contribution is -0.121. The van der Waals surface area contributed by atoms with E-state index in [1.54, 1.807) is 42.6 Å². The molecule has 26 heavy (non-hydrogen) atoms. The van der Waals surface area contributed by atoms with Crippen molar-refractivity contribution in [1.29, 1.82) is 0 Å². The Morgan fingerprint density at radius 1 is 1.23 bits per heavy atom. The average molecular weight is 354 g/mol. The Kier molecular flexibility index (Phi) is 5.12. The first-order chi connectivity index (χ1) is 12.6. The number of aromatic nitrogens is 3. The van der Waals surface area contributed by atoms with E-state index in [0.29, 0.717) is 23.4 Å². The number of carbonyl (C=O) groups is 1. The number of pyridine rings is 1. The fraction of sp³-hybridized carbons (Fsp3) is 0.222. The first-order valence-corrected chi connectivity index (χ1v) is 8.15. The van der Waals surface area contributed by atoms with Crippen molar-refractivity contribution in [2.45, 2.75) is 20.0 Å². The van der Waals surface area contributed by atoms with Crippen molar-refractivity contribution in [3.8, 4) is 5.88 Å². The summed E-state index contributed by atoms with van der Waals surface area (Å²) in [5.41, 5.74) is 0.0494. The number of amides is 1. The van der Waals surface area contributed by atoms with Crippen LogP contribution in [0.25, 0.3) is 10.9 Å². The molecule has 8 nitrogen and oxygen atoms in total. The quantitative estimate of drug-likeness (QED) is 0.681. The number of ether oxygens (including phenoxy) is 1. The molecule has 134 valence electrons. The summed E-state index contributed by atoms with van der Waals surface area (Å²) in [5.74, 6) is 0.0950. The summed E-state index contributed by atoms with van der Waals surface area (Å²) in [6.07, 6.45) is 1.61. The highest BCUT2D eigenvalue weighted by atomic mass is 16.5. The predicted molar refractivity (Wildman–Crippen MR) is 96.1 cm³/mol. The molecule has 0 saturated carbocycles. The van der Waals surface area contributed by atoms with Gasteiger partial charge < -0.3 is 10.1 Å². The molecule has 0 fully saturated rings. The molecule has 2 heterocycles. The highest BCUT2D eigenvalue weighted by molar-refractivity contribution is 5.81. The highest BCUT2D eigenvalue weighted by Gasteiger charge is 2.11. The van der Waals surface area contributed by atoms with Gasteiger partial charge >= 0.3 is 5.69 Å². The Labute approximate surface area is 148 Å². The molecule has 8 heteroatoms. The maximum atomic E-state index is 12.3. The number of carbonyl (C=O) groups excluding carboxylic acids is 1. The molecular weight excluding hydrogens is 336 g/mol. The monoisotopic (exact) mass is 354 g/mol. The van der Waals surface area contributed by atoms with E-state index in [1.165, 1.54) is 4.57 Å². The topological polar surface area (TPSA) is 106 Å². The van der Waals surface area contributed by atoms with Crippen molar-refractivity contribution < 1.29 is 9.53 Å². The van der Waals surface area contributed by atoms with Crippen LogP contribution in [0.15, 0.2) is 52.2 Å². The van der Waals surface area contributed by atoms with Crippen molar-refractivity contribution in [2.75, 3.05) is 6.61 Å². The largest absolute Gasteiger partial charge is 0.478 e. The summed E-state index contributed by atoms with van der Waals surface area (Å²) >= 11 is 0. The van der Waals surface area contributed by atoms with Crippen LogP contribution in [0.2, 0.25) is 0 Å². The minimum Gasteiger partial charge on any atom is -0.478 e. The molecule has 2 N–H and O–H groups in total. The Hall–Kier alpha value is -3.42. The Morgan fingerprint density at radius 2 is 2.04 bits per heavy atom. The van der Waals surface area contributed by atoms with Gasteiger partial charge in [0.05, 0.1) is 17.5 Å². The van der Waals surface area contributed by atoms with E-state index in [0.717, 1.165) is 5.56 Å². The summed E-state index contributed by atoms with van der Waals surface area (Å²) in [7, 11) is 0. The first kappa shape index (κ1) is 17.4. The number of para-hydroxylation sites is 1. The second kappa shape index (κ2) is 7.64. The third kappa shape index (κ3) is 3.64.